The molecule has 1 heterocycles. The fourth-order valence-electron chi connectivity index (χ4n) is 3.17. The van der Waals surface area contributed by atoms with Gasteiger partial charge in [0.25, 0.3) is 5.91 Å². The normalized spacial score (nSPS) is 15.8. The largest absolute Gasteiger partial charge is 0.352 e. The van der Waals surface area contributed by atoms with Gasteiger partial charge in [0.1, 0.15) is 0 Å². The van der Waals surface area contributed by atoms with E-state index in [1.165, 1.54) is 0 Å². The number of rotatable bonds is 6. The van der Waals surface area contributed by atoms with Gasteiger partial charge in [-0.2, -0.15) is 0 Å². The van der Waals surface area contributed by atoms with Crippen LogP contribution in [0.25, 0.3) is 0 Å². The van der Waals surface area contributed by atoms with Crippen molar-refractivity contribution in [1.29, 1.82) is 0 Å². The lowest BCUT2D eigenvalue weighted by Crippen LogP contribution is -2.33. The van der Waals surface area contributed by atoms with Crippen LogP contribution in [-0.2, 0) is 11.3 Å². The summed E-state index contributed by atoms with van der Waals surface area (Å²) in [5, 5.41) is 6.35. The van der Waals surface area contributed by atoms with Crippen LogP contribution in [-0.4, -0.2) is 43.9 Å². The maximum Gasteiger partial charge on any atom is 0.253 e. The molecule has 5 nitrogen and oxygen atoms in total. The lowest BCUT2D eigenvalue weighted by atomic mass is 9.84. The number of carbonyl (C=O) groups is 2. The Labute approximate surface area is 157 Å². The van der Waals surface area contributed by atoms with Crippen LogP contribution >= 0.6 is 12.4 Å². The molecule has 25 heavy (non-hydrogen) atoms. The summed E-state index contributed by atoms with van der Waals surface area (Å²) in [7, 11) is 3.47. The number of hydrogen-bond acceptors (Lipinski definition) is 3. The van der Waals surface area contributed by atoms with Gasteiger partial charge in [-0.05, 0) is 55.5 Å². The highest BCUT2D eigenvalue weighted by atomic mass is 35.5. The maximum atomic E-state index is 12.1. The van der Waals surface area contributed by atoms with E-state index in [2.05, 4.69) is 17.6 Å². The first-order valence-corrected chi connectivity index (χ1v) is 8.75. The molecule has 1 aliphatic heterocycles. The average molecular weight is 368 g/mol. The van der Waals surface area contributed by atoms with Crippen molar-refractivity contribution in [2.24, 2.45) is 11.8 Å². The van der Waals surface area contributed by atoms with Gasteiger partial charge in [-0.15, -0.1) is 12.4 Å². The predicted octanol–water partition coefficient (Wildman–Crippen LogP) is 2.45. The van der Waals surface area contributed by atoms with Crippen LogP contribution in [0, 0.1) is 11.8 Å². The molecule has 1 aliphatic rings. The number of halogens is 1. The second-order valence-electron chi connectivity index (χ2n) is 6.94. The van der Waals surface area contributed by atoms with Gasteiger partial charge in [-0.3, -0.25) is 9.59 Å². The Balaban J connectivity index is 0.00000312. The van der Waals surface area contributed by atoms with Gasteiger partial charge < -0.3 is 15.5 Å². The Morgan fingerprint density at radius 2 is 1.80 bits per heavy atom. The van der Waals surface area contributed by atoms with Gasteiger partial charge in [-0.25, -0.2) is 0 Å². The van der Waals surface area contributed by atoms with Gasteiger partial charge in [0.2, 0.25) is 5.91 Å². The van der Waals surface area contributed by atoms with Crippen molar-refractivity contribution in [3.05, 3.63) is 35.4 Å². The van der Waals surface area contributed by atoms with E-state index in [1.807, 2.05) is 24.3 Å². The summed E-state index contributed by atoms with van der Waals surface area (Å²) in [4.78, 5) is 25.5. The van der Waals surface area contributed by atoms with Crippen molar-refractivity contribution in [3.63, 3.8) is 0 Å². The Morgan fingerprint density at radius 1 is 1.20 bits per heavy atom. The van der Waals surface area contributed by atoms with Gasteiger partial charge >= 0.3 is 0 Å². The zero-order valence-electron chi connectivity index (χ0n) is 15.4. The Kier molecular flexibility index (Phi) is 8.93. The van der Waals surface area contributed by atoms with Gasteiger partial charge in [0.05, 0.1) is 0 Å². The van der Waals surface area contributed by atoms with Crippen molar-refractivity contribution in [1.82, 2.24) is 15.5 Å². The molecule has 6 heteroatoms. The lowest BCUT2D eigenvalue weighted by molar-refractivity contribution is -0.122. The highest BCUT2D eigenvalue weighted by Gasteiger charge is 2.21. The molecule has 1 fully saturated rings. The number of nitrogens with one attached hydrogen (secondary N) is 2. The van der Waals surface area contributed by atoms with E-state index in [9.17, 15) is 9.59 Å². The van der Waals surface area contributed by atoms with Crippen LogP contribution in [0.1, 0.15) is 42.1 Å². The van der Waals surface area contributed by atoms with Crippen LogP contribution in [0.4, 0.5) is 0 Å². The molecule has 0 bridgehead atoms. The van der Waals surface area contributed by atoms with Gasteiger partial charge in [0, 0.05) is 32.6 Å². The van der Waals surface area contributed by atoms with Crippen LogP contribution in [0.5, 0.6) is 0 Å². The summed E-state index contributed by atoms with van der Waals surface area (Å²) in [6.45, 7) is 4.81. The van der Waals surface area contributed by atoms with Crippen molar-refractivity contribution in [2.75, 3.05) is 27.2 Å². The Hall–Kier alpha value is -1.59. The van der Waals surface area contributed by atoms with Gasteiger partial charge in [-0.1, -0.05) is 19.1 Å². The molecule has 1 saturated heterocycles. The lowest BCUT2D eigenvalue weighted by Gasteiger charge is -2.27. The first kappa shape index (κ1) is 21.5. The zero-order chi connectivity index (χ0) is 17.5. The molecule has 2 rings (SSSR count). The summed E-state index contributed by atoms with van der Waals surface area (Å²) < 4.78 is 0. The second-order valence-corrected chi connectivity index (χ2v) is 6.94. The highest BCUT2D eigenvalue weighted by Crippen LogP contribution is 2.24. The molecule has 0 aromatic heterocycles. The van der Waals surface area contributed by atoms with E-state index < -0.39 is 0 Å². The molecule has 140 valence electrons. The molecule has 0 radical (unpaired) electrons. The van der Waals surface area contributed by atoms with E-state index in [4.69, 9.17) is 0 Å². The van der Waals surface area contributed by atoms with Crippen LogP contribution in [0.15, 0.2) is 24.3 Å². The molecule has 0 aliphatic carbocycles. The summed E-state index contributed by atoms with van der Waals surface area (Å²) in [5.41, 5.74) is 1.67. The molecule has 1 aromatic carbocycles. The molecule has 2 N–H and O–H groups in total. The predicted molar refractivity (Wildman–Crippen MR) is 103 cm³/mol. The standard InChI is InChI=1S/C19H29N3O2.ClH/c1-14(16-8-10-20-11-9-16)12-18(23)21-13-15-4-6-17(7-5-15)19(24)22(2)3;/h4-7,14,16,20H,8-13H2,1-3H3,(H,21,23);1H. The number of hydrogen-bond donors (Lipinski definition) is 2. The molecule has 1 atom stereocenters. The monoisotopic (exact) mass is 367 g/mol. The number of piperidine rings is 1. The van der Waals surface area contributed by atoms with Crippen molar-refractivity contribution >= 4 is 24.2 Å². The fourth-order valence-corrected chi connectivity index (χ4v) is 3.17. The van der Waals surface area contributed by atoms with Crippen molar-refractivity contribution in [3.8, 4) is 0 Å². The zero-order valence-corrected chi connectivity index (χ0v) is 16.2. The first-order valence-electron chi connectivity index (χ1n) is 8.75. The Bertz CT molecular complexity index is 554. The summed E-state index contributed by atoms with van der Waals surface area (Å²) in [6.07, 6.45) is 2.91. The Morgan fingerprint density at radius 3 is 2.36 bits per heavy atom. The molecular weight excluding hydrogens is 338 g/mol. The second kappa shape index (κ2) is 10.4. The van der Waals surface area contributed by atoms with E-state index >= 15 is 0 Å². The average Bonchev–Trinajstić information content (AvgIpc) is 2.60. The fraction of sp³-hybridized carbons (Fsp3) is 0.579. The smallest absolute Gasteiger partial charge is 0.253 e. The third kappa shape index (κ3) is 6.67. The van der Waals surface area contributed by atoms with Crippen LogP contribution in [0.3, 0.4) is 0 Å². The van der Waals surface area contributed by atoms with E-state index in [-0.39, 0.29) is 24.2 Å². The maximum absolute atomic E-state index is 12.1. The molecule has 0 saturated carbocycles. The first-order chi connectivity index (χ1) is 11.5. The van der Waals surface area contributed by atoms with E-state index in [0.29, 0.717) is 30.4 Å². The number of amides is 2. The highest BCUT2D eigenvalue weighted by molar-refractivity contribution is 5.93. The summed E-state index contributed by atoms with van der Waals surface area (Å²) >= 11 is 0. The minimum absolute atomic E-state index is 0. The summed E-state index contributed by atoms with van der Waals surface area (Å²) in [6, 6.07) is 7.41. The number of benzene rings is 1. The topological polar surface area (TPSA) is 61.4 Å². The van der Waals surface area contributed by atoms with E-state index in [1.54, 1.807) is 19.0 Å². The van der Waals surface area contributed by atoms with Gasteiger partial charge in [0.15, 0.2) is 0 Å². The molecule has 1 aromatic rings. The minimum Gasteiger partial charge on any atom is -0.352 e. The molecular formula is C19H30ClN3O2. The summed E-state index contributed by atoms with van der Waals surface area (Å²) in [5.74, 6) is 1.16. The quantitative estimate of drug-likeness (QED) is 0.811. The van der Waals surface area contributed by atoms with Crippen molar-refractivity contribution in [2.45, 2.75) is 32.7 Å². The van der Waals surface area contributed by atoms with Crippen molar-refractivity contribution < 1.29 is 9.59 Å². The number of carbonyl (C=O) groups excluding carboxylic acids is 2. The van der Waals surface area contributed by atoms with E-state index in [0.717, 1.165) is 31.5 Å². The molecule has 1 unspecified atom stereocenters. The third-order valence-electron chi connectivity index (χ3n) is 4.79. The minimum atomic E-state index is -0.0126. The third-order valence-corrected chi connectivity index (χ3v) is 4.79. The van der Waals surface area contributed by atoms with Crippen LogP contribution in [0.2, 0.25) is 0 Å². The number of nitrogens with zero attached hydrogens (tertiary/aromatic N) is 1. The SMILES string of the molecule is CC(CC(=O)NCc1ccc(C(=O)N(C)C)cc1)C1CCNCC1.Cl. The van der Waals surface area contributed by atoms with Crippen LogP contribution < -0.4 is 10.6 Å². The molecule has 0 spiro atoms. The molecule has 2 amide bonds.